The van der Waals surface area contributed by atoms with E-state index in [2.05, 4.69) is 78.7 Å². The van der Waals surface area contributed by atoms with Crippen LogP contribution in [0.1, 0.15) is 114 Å². The minimum absolute atomic E-state index is 0.459. The van der Waals surface area contributed by atoms with Crippen LogP contribution in [0.15, 0.2) is 85.2 Å². The topological polar surface area (TPSA) is 52.5 Å². The summed E-state index contributed by atoms with van der Waals surface area (Å²) in [7, 11) is 0. The number of H-pyrrole nitrogens is 1. The van der Waals surface area contributed by atoms with Crippen LogP contribution >= 0.6 is 0 Å². The Hall–Kier alpha value is -3.64. The maximum atomic E-state index is 9.84. The first-order valence-electron chi connectivity index (χ1n) is 16.0. The summed E-state index contributed by atoms with van der Waals surface area (Å²) in [6.07, 6.45) is 28.0. The van der Waals surface area contributed by atoms with Crippen molar-refractivity contribution in [2.75, 3.05) is 0 Å². The number of fused-ring (bicyclic) bond motifs is 2. The van der Waals surface area contributed by atoms with E-state index in [1.807, 2.05) is 24.5 Å². The number of nitrogens with one attached hydrogen (secondary N) is 1. The Morgan fingerprint density at radius 1 is 0.805 bits per heavy atom. The molecule has 2 aromatic heterocycles. The summed E-state index contributed by atoms with van der Waals surface area (Å²) in [5.41, 5.74) is 4.10. The lowest BCUT2D eigenvalue weighted by Gasteiger charge is -2.18. The van der Waals surface area contributed by atoms with Crippen molar-refractivity contribution in [3.05, 3.63) is 96.5 Å². The molecule has 0 aliphatic carbocycles. The van der Waals surface area contributed by atoms with Crippen molar-refractivity contribution in [1.82, 2.24) is 9.97 Å². The molecule has 4 aromatic rings. The summed E-state index contributed by atoms with van der Waals surface area (Å²) in [5.74, 6) is 0.459. The molecule has 0 fully saturated rings. The molecule has 0 aliphatic rings. The monoisotopic (exact) mass is 545 g/mol. The molecule has 0 bridgehead atoms. The van der Waals surface area contributed by atoms with E-state index >= 15 is 0 Å². The molecule has 0 spiro atoms. The number of nitriles is 1. The number of para-hydroxylation sites is 1. The lowest BCUT2D eigenvalue weighted by atomic mass is 9.89. The van der Waals surface area contributed by atoms with E-state index in [0.29, 0.717) is 5.92 Å². The summed E-state index contributed by atoms with van der Waals surface area (Å²) in [4.78, 5) is 8.20. The molecule has 3 heteroatoms. The lowest BCUT2D eigenvalue weighted by molar-refractivity contribution is 0.518. The highest BCUT2D eigenvalue weighted by Crippen LogP contribution is 2.32. The molecule has 0 amide bonds. The first-order valence-corrected chi connectivity index (χ1v) is 16.0. The van der Waals surface area contributed by atoms with Gasteiger partial charge >= 0.3 is 0 Å². The zero-order valence-corrected chi connectivity index (χ0v) is 25.0. The molecule has 2 aromatic carbocycles. The van der Waals surface area contributed by atoms with Crippen molar-refractivity contribution in [3.8, 4) is 6.07 Å². The predicted octanol–water partition coefficient (Wildman–Crippen LogP) is 11.4. The van der Waals surface area contributed by atoms with Gasteiger partial charge in [0, 0.05) is 40.2 Å². The number of rotatable bonds is 18. The third-order valence-corrected chi connectivity index (χ3v) is 8.26. The van der Waals surface area contributed by atoms with E-state index in [9.17, 15) is 5.26 Å². The molecule has 0 aliphatic heterocycles. The number of nitrogens with zero attached hydrogens (tertiary/aromatic N) is 2. The van der Waals surface area contributed by atoms with E-state index in [0.717, 1.165) is 60.6 Å². The summed E-state index contributed by atoms with van der Waals surface area (Å²) < 4.78 is 0. The third-order valence-electron chi connectivity index (χ3n) is 8.26. The quantitative estimate of drug-likeness (QED) is 0.0768. The number of aromatic nitrogens is 2. The average Bonchev–Trinajstić information content (AvgIpc) is 3.44. The van der Waals surface area contributed by atoms with Gasteiger partial charge in [0.15, 0.2) is 0 Å². The molecule has 0 saturated carbocycles. The van der Waals surface area contributed by atoms with E-state index in [1.165, 1.54) is 67.8 Å². The van der Waals surface area contributed by atoms with Gasteiger partial charge in [-0.2, -0.15) is 5.26 Å². The Balaban J connectivity index is 1.30. The van der Waals surface area contributed by atoms with Gasteiger partial charge in [-0.15, -0.1) is 0 Å². The number of allylic oxidation sites excluding steroid dienone is 4. The lowest BCUT2D eigenvalue weighted by Crippen LogP contribution is -2.03. The van der Waals surface area contributed by atoms with Gasteiger partial charge in [0.25, 0.3) is 0 Å². The number of hydrogen-bond donors (Lipinski definition) is 1. The Kier molecular flexibility index (Phi) is 12.7. The minimum atomic E-state index is 0.459. The highest BCUT2D eigenvalue weighted by molar-refractivity contribution is 5.96. The van der Waals surface area contributed by atoms with Gasteiger partial charge in [-0.25, -0.2) is 0 Å². The first kappa shape index (κ1) is 30.3. The van der Waals surface area contributed by atoms with Crippen LogP contribution in [0, 0.1) is 11.3 Å². The van der Waals surface area contributed by atoms with Crippen LogP contribution < -0.4 is 0 Å². The van der Waals surface area contributed by atoms with Crippen LogP contribution in [0.4, 0.5) is 0 Å². The average molecular weight is 546 g/mol. The minimum Gasteiger partial charge on any atom is -0.361 e. The Morgan fingerprint density at radius 3 is 2.37 bits per heavy atom. The summed E-state index contributed by atoms with van der Waals surface area (Å²) in [5, 5.41) is 13.5. The molecule has 1 atom stereocenters. The zero-order chi connectivity index (χ0) is 28.5. The highest BCUT2D eigenvalue weighted by Gasteiger charge is 2.16. The maximum absolute atomic E-state index is 9.84. The van der Waals surface area contributed by atoms with Crippen molar-refractivity contribution >= 4 is 27.2 Å². The first-order chi connectivity index (χ1) is 20.3. The summed E-state index contributed by atoms with van der Waals surface area (Å²) in [6.45, 7) is 2.28. The van der Waals surface area contributed by atoms with Gasteiger partial charge in [-0.1, -0.05) is 106 Å². The van der Waals surface area contributed by atoms with Crippen LogP contribution in [0.25, 0.3) is 27.2 Å². The second-order valence-electron chi connectivity index (χ2n) is 11.3. The fourth-order valence-electron chi connectivity index (χ4n) is 5.94. The number of pyridine rings is 1. The smallest absolute Gasteiger partial charge is 0.0995 e. The van der Waals surface area contributed by atoms with Gasteiger partial charge in [-0.05, 0) is 68.9 Å². The molecule has 1 unspecified atom stereocenters. The predicted molar refractivity (Wildman–Crippen MR) is 176 cm³/mol. The van der Waals surface area contributed by atoms with Gasteiger partial charge in [-0.3, -0.25) is 4.98 Å². The Labute approximate surface area is 247 Å². The number of benzene rings is 2. The number of aromatic amines is 1. The van der Waals surface area contributed by atoms with E-state index in [-0.39, 0.29) is 0 Å². The van der Waals surface area contributed by atoms with Gasteiger partial charge in [0.05, 0.1) is 17.3 Å². The van der Waals surface area contributed by atoms with E-state index in [1.54, 1.807) is 0 Å². The van der Waals surface area contributed by atoms with Crippen molar-refractivity contribution in [1.29, 1.82) is 5.26 Å². The fraction of sp³-hybridized carbons (Fsp3) is 0.421. The summed E-state index contributed by atoms with van der Waals surface area (Å²) >= 11 is 0. The van der Waals surface area contributed by atoms with Crippen LogP contribution in [0.2, 0.25) is 0 Å². The maximum Gasteiger partial charge on any atom is 0.0995 e. The van der Waals surface area contributed by atoms with Crippen LogP contribution in [0.5, 0.6) is 0 Å². The number of hydrogen-bond acceptors (Lipinski definition) is 2. The van der Waals surface area contributed by atoms with Crippen molar-refractivity contribution in [2.45, 2.75) is 103 Å². The molecular formula is C38H47N3. The highest BCUT2D eigenvalue weighted by atomic mass is 14.7. The SMILES string of the molecule is CCCCCCCC/C=C\CCCC(CCCC/C=C(\C#N)c1c[nH]c2ccccc12)c1nccc2ccccc12. The summed E-state index contributed by atoms with van der Waals surface area (Å²) in [6, 6.07) is 21.4. The number of unbranched alkanes of at least 4 members (excludes halogenated alkanes) is 9. The van der Waals surface area contributed by atoms with Crippen molar-refractivity contribution < 1.29 is 0 Å². The molecule has 0 radical (unpaired) electrons. The fourth-order valence-corrected chi connectivity index (χ4v) is 5.94. The van der Waals surface area contributed by atoms with E-state index in [4.69, 9.17) is 4.98 Å². The molecule has 0 saturated heterocycles. The van der Waals surface area contributed by atoms with Crippen molar-refractivity contribution in [3.63, 3.8) is 0 Å². The molecule has 3 nitrogen and oxygen atoms in total. The van der Waals surface area contributed by atoms with E-state index < -0.39 is 0 Å². The van der Waals surface area contributed by atoms with Gasteiger partial charge in [0.1, 0.15) is 0 Å². The Bertz CT molecular complexity index is 1430. The van der Waals surface area contributed by atoms with Crippen LogP contribution in [0.3, 0.4) is 0 Å². The Morgan fingerprint density at radius 2 is 1.51 bits per heavy atom. The second kappa shape index (κ2) is 17.2. The largest absolute Gasteiger partial charge is 0.361 e. The normalized spacial score (nSPS) is 12.8. The van der Waals surface area contributed by atoms with Crippen LogP contribution in [-0.4, -0.2) is 9.97 Å². The molecule has 41 heavy (non-hydrogen) atoms. The molecule has 2 heterocycles. The molecule has 1 N–H and O–H groups in total. The molecule has 214 valence electrons. The standard InChI is InChI=1S/C38H47N3/c1-2-3-4-5-6-7-8-9-10-11-13-21-32(38-34-24-17-16-20-31(34)27-28-40-38)22-14-12-15-23-33(29-39)36-30-41-37-26-19-18-25-35(36)37/h9-10,16-20,23-28,30,32,41H,2-8,11-15,21-22H2,1H3/b10-9-,33-23+. The molecular weight excluding hydrogens is 498 g/mol. The third kappa shape index (κ3) is 9.19. The molecule has 4 rings (SSSR count). The van der Waals surface area contributed by atoms with Gasteiger partial charge < -0.3 is 4.98 Å². The zero-order valence-electron chi connectivity index (χ0n) is 25.0. The van der Waals surface area contributed by atoms with Crippen LogP contribution in [-0.2, 0) is 0 Å². The second-order valence-corrected chi connectivity index (χ2v) is 11.3. The van der Waals surface area contributed by atoms with Gasteiger partial charge in [0.2, 0.25) is 0 Å². The van der Waals surface area contributed by atoms with Crippen molar-refractivity contribution in [2.24, 2.45) is 0 Å².